The van der Waals surface area contributed by atoms with E-state index in [1.165, 1.54) is 13.2 Å². The molecule has 0 aliphatic heterocycles. The molecule has 0 saturated carbocycles. The number of hydrogen-bond acceptors (Lipinski definition) is 3. The second kappa shape index (κ2) is 4.66. The van der Waals surface area contributed by atoms with Crippen LogP contribution in [0, 0.1) is 17.1 Å². The molecule has 17 heavy (non-hydrogen) atoms. The first-order valence-electron chi connectivity index (χ1n) is 4.99. The van der Waals surface area contributed by atoms with Crippen molar-refractivity contribution in [2.24, 2.45) is 0 Å². The summed E-state index contributed by atoms with van der Waals surface area (Å²) in [5.41, 5.74) is 1.74. The Kier molecular flexibility index (Phi) is 3.06. The third-order valence-electron chi connectivity index (χ3n) is 2.44. The Bertz CT molecular complexity index is 571. The van der Waals surface area contributed by atoms with Gasteiger partial charge in [0.2, 0.25) is 5.88 Å². The molecule has 0 spiro atoms. The molecule has 0 amide bonds. The van der Waals surface area contributed by atoms with Gasteiger partial charge in [-0.25, -0.2) is 9.49 Å². The molecule has 0 fully saturated rings. The van der Waals surface area contributed by atoms with Crippen LogP contribution in [-0.4, -0.2) is 17.3 Å². The number of hydrogen-bond donors (Lipinski definition) is 1. The monoisotopic (exact) mass is 231 g/mol. The van der Waals surface area contributed by atoms with Gasteiger partial charge in [0.15, 0.2) is 0 Å². The molecular formula is C12H10FN3O. The largest absolute Gasteiger partial charge is 0.481 e. The molecule has 0 radical (unpaired) electrons. The van der Waals surface area contributed by atoms with Gasteiger partial charge in [0.1, 0.15) is 5.82 Å². The number of benzene rings is 1. The standard InChI is InChI=1S/C12H10FN3O/c1-17-12-10(7-15-16-12)9-3-2-8(4-5-14)11(13)6-9/h2-3,6-7H,4H2,1H3,(H,15,16). The van der Waals surface area contributed by atoms with E-state index in [1.807, 2.05) is 6.07 Å². The number of aromatic nitrogens is 2. The summed E-state index contributed by atoms with van der Waals surface area (Å²) in [5.74, 6) is 0.0877. The molecule has 2 aromatic rings. The summed E-state index contributed by atoms with van der Waals surface area (Å²) in [6, 6.07) is 6.63. The lowest BCUT2D eigenvalue weighted by atomic mass is 10.0. The number of methoxy groups -OCH3 is 1. The zero-order valence-corrected chi connectivity index (χ0v) is 9.20. The van der Waals surface area contributed by atoms with Crippen LogP contribution in [0.2, 0.25) is 0 Å². The third-order valence-corrected chi connectivity index (χ3v) is 2.44. The number of nitriles is 1. The molecule has 1 aromatic heterocycles. The molecule has 1 N–H and O–H groups in total. The number of nitrogens with one attached hydrogen (secondary N) is 1. The molecule has 0 aliphatic carbocycles. The smallest absolute Gasteiger partial charge is 0.216 e. The average molecular weight is 231 g/mol. The molecule has 0 unspecified atom stereocenters. The van der Waals surface area contributed by atoms with Crippen LogP contribution < -0.4 is 4.74 Å². The fourth-order valence-corrected chi connectivity index (χ4v) is 1.58. The topological polar surface area (TPSA) is 61.7 Å². The number of H-pyrrole nitrogens is 1. The van der Waals surface area contributed by atoms with Crippen molar-refractivity contribution in [1.82, 2.24) is 10.2 Å². The van der Waals surface area contributed by atoms with Crippen LogP contribution in [0.25, 0.3) is 11.1 Å². The first-order valence-corrected chi connectivity index (χ1v) is 4.99. The predicted molar refractivity (Wildman–Crippen MR) is 59.9 cm³/mol. The minimum absolute atomic E-state index is 0.0641. The van der Waals surface area contributed by atoms with E-state index in [0.717, 1.165) is 0 Å². The number of rotatable bonds is 3. The summed E-state index contributed by atoms with van der Waals surface area (Å²) in [4.78, 5) is 0. The number of halogens is 1. The Labute approximate surface area is 97.7 Å². The zero-order chi connectivity index (χ0) is 12.3. The van der Waals surface area contributed by atoms with E-state index in [4.69, 9.17) is 10.00 Å². The molecule has 1 heterocycles. The van der Waals surface area contributed by atoms with Crippen LogP contribution >= 0.6 is 0 Å². The van der Waals surface area contributed by atoms with Crippen molar-refractivity contribution in [1.29, 1.82) is 5.26 Å². The molecule has 5 heteroatoms. The highest BCUT2D eigenvalue weighted by Crippen LogP contribution is 2.28. The van der Waals surface area contributed by atoms with Gasteiger partial charge < -0.3 is 4.74 Å². The van der Waals surface area contributed by atoms with E-state index >= 15 is 0 Å². The Balaban J connectivity index is 2.42. The molecule has 0 aliphatic rings. The molecule has 0 bridgehead atoms. The van der Waals surface area contributed by atoms with Crippen molar-refractivity contribution < 1.29 is 9.13 Å². The Hall–Kier alpha value is -2.35. The summed E-state index contributed by atoms with van der Waals surface area (Å²) in [6.45, 7) is 0. The molecule has 0 atom stereocenters. The van der Waals surface area contributed by atoms with E-state index < -0.39 is 5.82 Å². The summed E-state index contributed by atoms with van der Waals surface area (Å²) in [5, 5.41) is 15.0. The van der Waals surface area contributed by atoms with Crippen molar-refractivity contribution in [3.05, 3.63) is 35.8 Å². The van der Waals surface area contributed by atoms with Gasteiger partial charge in [-0.05, 0) is 11.6 Å². The summed E-state index contributed by atoms with van der Waals surface area (Å²) >= 11 is 0. The SMILES string of the molecule is COc1[nH]ncc1-c1ccc(CC#N)c(F)c1. The number of ether oxygens (including phenoxy) is 1. The van der Waals surface area contributed by atoms with Gasteiger partial charge in [0, 0.05) is 5.56 Å². The van der Waals surface area contributed by atoms with E-state index in [2.05, 4.69) is 10.2 Å². The van der Waals surface area contributed by atoms with Crippen molar-refractivity contribution in [2.75, 3.05) is 7.11 Å². The van der Waals surface area contributed by atoms with Crippen LogP contribution in [0.15, 0.2) is 24.4 Å². The summed E-state index contributed by atoms with van der Waals surface area (Å²) in [6.07, 6.45) is 1.63. The van der Waals surface area contributed by atoms with Gasteiger partial charge in [0.25, 0.3) is 0 Å². The Morgan fingerprint density at radius 3 is 3.00 bits per heavy atom. The Morgan fingerprint density at radius 2 is 2.35 bits per heavy atom. The molecule has 86 valence electrons. The maximum Gasteiger partial charge on any atom is 0.216 e. The normalized spacial score (nSPS) is 9.94. The van der Waals surface area contributed by atoms with Crippen molar-refractivity contribution in [3.8, 4) is 23.1 Å². The van der Waals surface area contributed by atoms with Crippen molar-refractivity contribution in [2.45, 2.75) is 6.42 Å². The van der Waals surface area contributed by atoms with Gasteiger partial charge >= 0.3 is 0 Å². The first kappa shape index (κ1) is 11.1. The fraction of sp³-hybridized carbons (Fsp3) is 0.167. The lowest BCUT2D eigenvalue weighted by Crippen LogP contribution is -1.90. The van der Waals surface area contributed by atoms with Crippen LogP contribution in [0.3, 0.4) is 0 Å². The molecule has 0 saturated heterocycles. The molecule has 2 rings (SSSR count). The van der Waals surface area contributed by atoms with Crippen molar-refractivity contribution >= 4 is 0 Å². The minimum atomic E-state index is -0.396. The van der Waals surface area contributed by atoms with Gasteiger partial charge in [0.05, 0.1) is 31.4 Å². The van der Waals surface area contributed by atoms with Gasteiger partial charge in [-0.2, -0.15) is 10.4 Å². The third kappa shape index (κ3) is 2.11. The summed E-state index contributed by atoms with van der Waals surface area (Å²) in [7, 11) is 1.51. The van der Waals surface area contributed by atoms with Gasteiger partial charge in [-0.15, -0.1) is 0 Å². The highest BCUT2D eigenvalue weighted by molar-refractivity contribution is 5.68. The second-order valence-corrected chi connectivity index (χ2v) is 3.46. The highest BCUT2D eigenvalue weighted by atomic mass is 19.1. The maximum atomic E-state index is 13.6. The van der Waals surface area contributed by atoms with Crippen LogP contribution in [-0.2, 0) is 6.42 Å². The molecule has 4 nitrogen and oxygen atoms in total. The fourth-order valence-electron chi connectivity index (χ4n) is 1.58. The highest BCUT2D eigenvalue weighted by Gasteiger charge is 2.10. The first-order chi connectivity index (χ1) is 8.26. The summed E-state index contributed by atoms with van der Waals surface area (Å²) < 4.78 is 18.7. The van der Waals surface area contributed by atoms with E-state index in [1.54, 1.807) is 18.3 Å². The number of aromatic amines is 1. The van der Waals surface area contributed by atoms with E-state index in [9.17, 15) is 4.39 Å². The van der Waals surface area contributed by atoms with Crippen molar-refractivity contribution in [3.63, 3.8) is 0 Å². The van der Waals surface area contributed by atoms with E-state index in [0.29, 0.717) is 22.6 Å². The van der Waals surface area contributed by atoms with Crippen LogP contribution in [0.5, 0.6) is 5.88 Å². The number of nitrogens with zero attached hydrogens (tertiary/aromatic N) is 2. The van der Waals surface area contributed by atoms with Gasteiger partial charge in [-0.3, -0.25) is 0 Å². The predicted octanol–water partition coefficient (Wildman–Crippen LogP) is 2.29. The second-order valence-electron chi connectivity index (χ2n) is 3.46. The minimum Gasteiger partial charge on any atom is -0.481 e. The van der Waals surface area contributed by atoms with E-state index in [-0.39, 0.29) is 6.42 Å². The maximum absolute atomic E-state index is 13.6. The zero-order valence-electron chi connectivity index (χ0n) is 9.20. The van der Waals surface area contributed by atoms with Crippen LogP contribution in [0.1, 0.15) is 5.56 Å². The average Bonchev–Trinajstić information content (AvgIpc) is 2.80. The lowest BCUT2D eigenvalue weighted by molar-refractivity contribution is 0.398. The van der Waals surface area contributed by atoms with Crippen LogP contribution in [0.4, 0.5) is 4.39 Å². The lowest BCUT2D eigenvalue weighted by Gasteiger charge is -2.04. The molecular weight excluding hydrogens is 221 g/mol. The molecule has 1 aromatic carbocycles. The van der Waals surface area contributed by atoms with Gasteiger partial charge in [-0.1, -0.05) is 12.1 Å². The Morgan fingerprint density at radius 1 is 1.53 bits per heavy atom. The quantitative estimate of drug-likeness (QED) is 0.881.